The number of rotatable bonds is 7. The third kappa shape index (κ3) is 5.18. The fourth-order valence-electron chi connectivity index (χ4n) is 4.69. The molecule has 1 aliphatic rings. The second-order valence-corrected chi connectivity index (χ2v) is 9.26. The number of hydrogen-bond acceptors (Lipinski definition) is 4. The molecule has 6 nitrogen and oxygen atoms in total. The van der Waals surface area contributed by atoms with Crippen molar-refractivity contribution in [3.63, 3.8) is 0 Å². The van der Waals surface area contributed by atoms with Gasteiger partial charge in [0.1, 0.15) is 5.75 Å². The van der Waals surface area contributed by atoms with E-state index in [-0.39, 0.29) is 17.2 Å². The Labute approximate surface area is 209 Å². The molecule has 4 aromatic rings. The number of amides is 1. The van der Waals surface area contributed by atoms with E-state index in [1.807, 2.05) is 18.2 Å². The highest BCUT2D eigenvalue weighted by atomic mass is 16.4. The third-order valence-electron chi connectivity index (χ3n) is 6.76. The largest absolute Gasteiger partial charge is 0.508 e. The number of phenolic OH excluding ortho intramolecular Hbond substituents is 1. The highest BCUT2D eigenvalue weighted by molar-refractivity contribution is 5.99. The molecule has 1 fully saturated rings. The summed E-state index contributed by atoms with van der Waals surface area (Å²) in [6.07, 6.45) is 2.93. The lowest BCUT2D eigenvalue weighted by Crippen LogP contribution is -2.23. The first-order chi connectivity index (χ1) is 17.5. The summed E-state index contributed by atoms with van der Waals surface area (Å²) in [6.45, 7) is 2.66. The molecule has 3 N–H and O–H groups in total. The Morgan fingerprint density at radius 3 is 2.14 bits per heavy atom. The van der Waals surface area contributed by atoms with Crippen molar-refractivity contribution < 1.29 is 19.8 Å². The monoisotopic (exact) mass is 480 g/mol. The van der Waals surface area contributed by atoms with Crippen molar-refractivity contribution in [1.82, 2.24) is 5.32 Å². The summed E-state index contributed by atoms with van der Waals surface area (Å²) in [5, 5.41) is 24.3. The summed E-state index contributed by atoms with van der Waals surface area (Å²) < 4.78 is 0. The average Bonchev–Trinajstić information content (AvgIpc) is 3.43. The maximum Gasteiger partial charge on any atom is 0.335 e. The first-order valence-corrected chi connectivity index (χ1v) is 12.2. The van der Waals surface area contributed by atoms with Crippen molar-refractivity contribution in [2.45, 2.75) is 25.8 Å². The Balaban J connectivity index is 1.28. The molecule has 182 valence electrons. The zero-order chi connectivity index (χ0) is 25.1. The number of carboxylic acids is 1. The van der Waals surface area contributed by atoms with E-state index in [1.165, 1.54) is 18.5 Å². The molecular weight excluding hydrogens is 452 g/mol. The van der Waals surface area contributed by atoms with Crippen molar-refractivity contribution >= 4 is 28.3 Å². The smallest absolute Gasteiger partial charge is 0.335 e. The lowest BCUT2D eigenvalue weighted by Gasteiger charge is -2.17. The van der Waals surface area contributed by atoms with Gasteiger partial charge < -0.3 is 20.4 Å². The zero-order valence-electron chi connectivity index (χ0n) is 19.9. The average molecular weight is 481 g/mol. The van der Waals surface area contributed by atoms with Crippen LogP contribution in [0.3, 0.4) is 0 Å². The summed E-state index contributed by atoms with van der Waals surface area (Å²) in [7, 11) is 0. The molecule has 0 unspecified atom stereocenters. The SMILES string of the molecule is O=C(O)c1ccc(Cc2cc3cc(C(=O)NCc4ccc(N5CCCC5)cc4)ccc3cc2O)cc1. The van der Waals surface area contributed by atoms with Gasteiger partial charge in [0.15, 0.2) is 0 Å². The molecule has 0 aromatic heterocycles. The second kappa shape index (κ2) is 10.1. The van der Waals surface area contributed by atoms with E-state index in [1.54, 1.807) is 36.4 Å². The maximum absolute atomic E-state index is 12.9. The molecule has 0 saturated carbocycles. The lowest BCUT2D eigenvalue weighted by molar-refractivity contribution is 0.0696. The molecular formula is C30H28N2O4. The number of nitrogens with zero attached hydrogens (tertiary/aromatic N) is 1. The highest BCUT2D eigenvalue weighted by Crippen LogP contribution is 2.28. The van der Waals surface area contributed by atoms with Crippen LogP contribution in [0.5, 0.6) is 5.75 Å². The number of benzene rings is 4. The predicted molar refractivity (Wildman–Crippen MR) is 141 cm³/mol. The normalized spacial score (nSPS) is 13.2. The van der Waals surface area contributed by atoms with Crippen LogP contribution in [0.25, 0.3) is 10.8 Å². The summed E-state index contributed by atoms with van der Waals surface area (Å²) in [5.41, 5.74) is 4.65. The van der Waals surface area contributed by atoms with Gasteiger partial charge in [-0.3, -0.25) is 4.79 Å². The standard InChI is InChI=1S/C30H28N2O4/c33-28-18-23-9-10-24(16-25(23)17-26(28)15-20-3-7-22(8-4-20)30(35)36)29(34)31-19-21-5-11-27(12-6-21)32-13-1-2-14-32/h3-12,16-18,33H,1-2,13-15,19H2,(H,31,34)(H,35,36). The molecule has 5 rings (SSSR count). The van der Waals surface area contributed by atoms with E-state index in [4.69, 9.17) is 5.11 Å². The van der Waals surface area contributed by atoms with Crippen molar-refractivity contribution in [3.8, 4) is 5.75 Å². The number of carbonyl (C=O) groups excluding carboxylic acids is 1. The van der Waals surface area contributed by atoms with Crippen molar-refractivity contribution in [3.05, 3.63) is 107 Å². The van der Waals surface area contributed by atoms with E-state index in [0.717, 1.165) is 35.0 Å². The summed E-state index contributed by atoms with van der Waals surface area (Å²) in [4.78, 5) is 26.3. The fourth-order valence-corrected chi connectivity index (χ4v) is 4.69. The maximum atomic E-state index is 12.9. The summed E-state index contributed by atoms with van der Waals surface area (Å²) in [6, 6.07) is 24.0. The molecule has 0 bridgehead atoms. The summed E-state index contributed by atoms with van der Waals surface area (Å²) in [5.74, 6) is -0.959. The topological polar surface area (TPSA) is 89.9 Å². The van der Waals surface area contributed by atoms with E-state index in [0.29, 0.717) is 24.1 Å². The number of carbonyl (C=O) groups is 2. The second-order valence-electron chi connectivity index (χ2n) is 9.26. The third-order valence-corrected chi connectivity index (χ3v) is 6.76. The van der Waals surface area contributed by atoms with Crippen LogP contribution in [0.2, 0.25) is 0 Å². The van der Waals surface area contributed by atoms with Crippen LogP contribution < -0.4 is 10.2 Å². The van der Waals surface area contributed by atoms with Gasteiger partial charge in [-0.1, -0.05) is 30.3 Å². The fraction of sp³-hybridized carbons (Fsp3) is 0.200. The van der Waals surface area contributed by atoms with Gasteiger partial charge in [-0.05, 0) is 88.8 Å². The van der Waals surface area contributed by atoms with Gasteiger partial charge in [0.2, 0.25) is 0 Å². The molecule has 1 aliphatic heterocycles. The molecule has 36 heavy (non-hydrogen) atoms. The Bertz CT molecular complexity index is 1410. The summed E-state index contributed by atoms with van der Waals surface area (Å²) >= 11 is 0. The molecule has 0 spiro atoms. The van der Waals surface area contributed by atoms with Crippen LogP contribution in [0.1, 0.15) is 50.2 Å². The number of anilines is 1. The molecule has 0 radical (unpaired) electrons. The van der Waals surface area contributed by atoms with E-state index in [2.05, 4.69) is 34.5 Å². The minimum Gasteiger partial charge on any atom is -0.508 e. The molecule has 4 aromatic carbocycles. The molecule has 0 atom stereocenters. The van der Waals surface area contributed by atoms with Gasteiger partial charge in [-0.15, -0.1) is 0 Å². The van der Waals surface area contributed by atoms with Gasteiger partial charge >= 0.3 is 5.97 Å². The number of nitrogens with one attached hydrogen (secondary N) is 1. The zero-order valence-corrected chi connectivity index (χ0v) is 19.9. The minimum absolute atomic E-state index is 0.153. The number of phenols is 1. The minimum atomic E-state index is -0.972. The van der Waals surface area contributed by atoms with Gasteiger partial charge in [0.05, 0.1) is 5.56 Å². The van der Waals surface area contributed by atoms with Crippen LogP contribution >= 0.6 is 0 Å². The van der Waals surface area contributed by atoms with E-state index < -0.39 is 5.97 Å². The van der Waals surface area contributed by atoms with E-state index >= 15 is 0 Å². The lowest BCUT2D eigenvalue weighted by atomic mass is 9.98. The first kappa shape index (κ1) is 23.4. The Hall–Kier alpha value is -4.32. The molecule has 1 heterocycles. The van der Waals surface area contributed by atoms with Crippen LogP contribution in [0.4, 0.5) is 5.69 Å². The van der Waals surface area contributed by atoms with E-state index in [9.17, 15) is 14.7 Å². The number of aromatic carboxylic acids is 1. The van der Waals surface area contributed by atoms with Crippen LogP contribution in [0.15, 0.2) is 78.9 Å². The predicted octanol–water partition coefficient (Wildman–Crippen LogP) is 5.36. The van der Waals surface area contributed by atoms with Crippen molar-refractivity contribution in [2.24, 2.45) is 0 Å². The molecule has 0 aliphatic carbocycles. The van der Waals surface area contributed by atoms with Crippen molar-refractivity contribution in [1.29, 1.82) is 0 Å². The molecule has 1 saturated heterocycles. The number of hydrogen-bond donors (Lipinski definition) is 3. The van der Waals surface area contributed by atoms with Gasteiger partial charge in [0, 0.05) is 37.3 Å². The first-order valence-electron chi connectivity index (χ1n) is 12.2. The quantitative estimate of drug-likeness (QED) is 0.331. The highest BCUT2D eigenvalue weighted by Gasteiger charge is 2.13. The van der Waals surface area contributed by atoms with Gasteiger partial charge in [0.25, 0.3) is 5.91 Å². The van der Waals surface area contributed by atoms with Gasteiger partial charge in [-0.25, -0.2) is 4.79 Å². The number of carboxylic acid groups (broad SMARTS) is 1. The molecule has 6 heteroatoms. The Kier molecular flexibility index (Phi) is 6.58. The van der Waals surface area contributed by atoms with Crippen LogP contribution in [-0.4, -0.2) is 35.2 Å². The van der Waals surface area contributed by atoms with Crippen molar-refractivity contribution in [2.75, 3.05) is 18.0 Å². The number of aromatic hydroxyl groups is 1. The van der Waals surface area contributed by atoms with Crippen LogP contribution in [-0.2, 0) is 13.0 Å². The van der Waals surface area contributed by atoms with Gasteiger partial charge in [-0.2, -0.15) is 0 Å². The number of fused-ring (bicyclic) bond motifs is 1. The molecule has 1 amide bonds. The Morgan fingerprint density at radius 1 is 0.778 bits per heavy atom. The Morgan fingerprint density at radius 2 is 1.44 bits per heavy atom. The van der Waals surface area contributed by atoms with Crippen LogP contribution in [0, 0.1) is 0 Å².